The lowest BCUT2D eigenvalue weighted by Gasteiger charge is -2.25. The number of rotatable bonds is 5. The molecule has 2 amide bonds. The van der Waals surface area contributed by atoms with Crippen LogP contribution in [0.25, 0.3) is 0 Å². The molecule has 7 heteroatoms. The number of fused-ring (bicyclic) bond motifs is 1. The molecule has 1 heterocycles. The SMILES string of the molecule is CC(C)(Oc1ccc(Br)cc1)C(=O)Nc1sc2c(c1C(N)=O)CCC2. The van der Waals surface area contributed by atoms with Crippen molar-refractivity contribution in [2.75, 3.05) is 5.32 Å². The van der Waals surface area contributed by atoms with E-state index in [1.165, 1.54) is 11.3 Å². The number of halogens is 1. The van der Waals surface area contributed by atoms with Gasteiger partial charge < -0.3 is 15.8 Å². The number of nitrogens with two attached hydrogens (primary N) is 1. The molecule has 3 N–H and O–H groups in total. The molecule has 1 aliphatic rings. The van der Waals surface area contributed by atoms with Crippen molar-refractivity contribution < 1.29 is 14.3 Å². The molecule has 0 unspecified atom stereocenters. The van der Waals surface area contributed by atoms with E-state index in [-0.39, 0.29) is 5.91 Å². The van der Waals surface area contributed by atoms with Crippen molar-refractivity contribution in [2.45, 2.75) is 38.7 Å². The molecule has 0 fully saturated rings. The van der Waals surface area contributed by atoms with Gasteiger partial charge in [-0.2, -0.15) is 0 Å². The van der Waals surface area contributed by atoms with Gasteiger partial charge in [0.15, 0.2) is 5.60 Å². The first-order chi connectivity index (χ1) is 11.8. The standard InChI is InChI=1S/C18H19BrN2O3S/c1-18(2,24-11-8-6-10(19)7-9-11)17(23)21-16-14(15(20)22)12-4-3-5-13(12)25-16/h6-9H,3-5H2,1-2H3,(H2,20,22)(H,21,23). The second kappa shape index (κ2) is 6.80. The maximum Gasteiger partial charge on any atom is 0.268 e. The normalized spacial score (nSPS) is 13.4. The van der Waals surface area contributed by atoms with E-state index in [0.29, 0.717) is 16.3 Å². The third-order valence-corrected chi connectivity index (χ3v) is 5.86. The van der Waals surface area contributed by atoms with E-state index in [2.05, 4.69) is 21.2 Å². The second-order valence-corrected chi connectivity index (χ2v) is 8.47. The number of ether oxygens (including phenoxy) is 1. The van der Waals surface area contributed by atoms with Gasteiger partial charge in [-0.05, 0) is 62.9 Å². The summed E-state index contributed by atoms with van der Waals surface area (Å²) in [6.45, 7) is 3.38. The maximum absolute atomic E-state index is 12.7. The van der Waals surface area contributed by atoms with E-state index < -0.39 is 11.5 Å². The molecule has 0 bridgehead atoms. The molecule has 0 atom stereocenters. The molecule has 2 aromatic rings. The van der Waals surface area contributed by atoms with E-state index in [0.717, 1.165) is 34.2 Å². The average Bonchev–Trinajstić information content (AvgIpc) is 3.09. The van der Waals surface area contributed by atoms with Gasteiger partial charge in [-0.3, -0.25) is 9.59 Å². The Labute approximate surface area is 158 Å². The monoisotopic (exact) mass is 422 g/mol. The highest BCUT2D eigenvalue weighted by molar-refractivity contribution is 9.10. The molecule has 0 saturated heterocycles. The van der Waals surface area contributed by atoms with Crippen LogP contribution in [0.4, 0.5) is 5.00 Å². The number of aryl methyl sites for hydroxylation is 1. The van der Waals surface area contributed by atoms with Gasteiger partial charge in [0, 0.05) is 9.35 Å². The van der Waals surface area contributed by atoms with Crippen LogP contribution in [-0.4, -0.2) is 17.4 Å². The molecule has 1 aliphatic carbocycles. The fourth-order valence-electron chi connectivity index (χ4n) is 2.85. The van der Waals surface area contributed by atoms with Crippen LogP contribution in [0, 0.1) is 0 Å². The van der Waals surface area contributed by atoms with E-state index >= 15 is 0 Å². The lowest BCUT2D eigenvalue weighted by atomic mass is 10.1. The Hall–Kier alpha value is -1.86. The minimum absolute atomic E-state index is 0.321. The predicted molar refractivity (Wildman–Crippen MR) is 102 cm³/mol. The van der Waals surface area contributed by atoms with Crippen LogP contribution in [0.3, 0.4) is 0 Å². The highest BCUT2D eigenvalue weighted by Crippen LogP contribution is 2.39. The van der Waals surface area contributed by atoms with Crippen LogP contribution < -0.4 is 15.8 Å². The highest BCUT2D eigenvalue weighted by Gasteiger charge is 2.33. The molecule has 0 aliphatic heterocycles. The third kappa shape index (κ3) is 3.72. The quantitative estimate of drug-likeness (QED) is 0.766. The first-order valence-corrected chi connectivity index (χ1v) is 9.59. The topological polar surface area (TPSA) is 81.4 Å². The van der Waals surface area contributed by atoms with Crippen LogP contribution in [0.2, 0.25) is 0 Å². The van der Waals surface area contributed by atoms with E-state index in [9.17, 15) is 9.59 Å². The fourth-order valence-corrected chi connectivity index (χ4v) is 4.40. The zero-order valence-corrected chi connectivity index (χ0v) is 16.4. The number of hydrogen-bond acceptors (Lipinski definition) is 4. The maximum atomic E-state index is 12.7. The van der Waals surface area contributed by atoms with Crippen LogP contribution >= 0.6 is 27.3 Å². The third-order valence-electron chi connectivity index (χ3n) is 4.13. The summed E-state index contributed by atoms with van der Waals surface area (Å²) in [5.41, 5.74) is 5.87. The summed E-state index contributed by atoms with van der Waals surface area (Å²) in [5.74, 6) is -0.230. The number of primary amides is 1. The summed E-state index contributed by atoms with van der Waals surface area (Å²) in [7, 11) is 0. The number of benzene rings is 1. The fraction of sp³-hybridized carbons (Fsp3) is 0.333. The van der Waals surface area contributed by atoms with Gasteiger partial charge in [0.1, 0.15) is 10.8 Å². The smallest absolute Gasteiger partial charge is 0.268 e. The Morgan fingerprint density at radius 3 is 2.56 bits per heavy atom. The van der Waals surface area contributed by atoms with Crippen molar-refractivity contribution >= 4 is 44.1 Å². The van der Waals surface area contributed by atoms with E-state index in [4.69, 9.17) is 10.5 Å². The van der Waals surface area contributed by atoms with Gasteiger partial charge in [-0.1, -0.05) is 15.9 Å². The molecule has 0 saturated carbocycles. The molecule has 1 aromatic carbocycles. The van der Waals surface area contributed by atoms with Gasteiger partial charge in [0.25, 0.3) is 11.8 Å². The van der Waals surface area contributed by atoms with Crippen molar-refractivity contribution in [3.05, 3.63) is 44.7 Å². The Morgan fingerprint density at radius 2 is 1.92 bits per heavy atom. The molecule has 5 nitrogen and oxygen atoms in total. The number of nitrogens with one attached hydrogen (secondary N) is 1. The molecular formula is C18H19BrN2O3S. The number of carbonyl (C=O) groups excluding carboxylic acids is 2. The molecule has 132 valence electrons. The number of anilines is 1. The Balaban J connectivity index is 1.79. The van der Waals surface area contributed by atoms with Gasteiger partial charge >= 0.3 is 0 Å². The van der Waals surface area contributed by atoms with Crippen molar-refractivity contribution in [3.63, 3.8) is 0 Å². The minimum atomic E-state index is -1.10. The second-order valence-electron chi connectivity index (χ2n) is 6.45. The number of amides is 2. The first kappa shape index (κ1) is 17.9. The number of thiophene rings is 1. The predicted octanol–water partition coefficient (Wildman–Crippen LogP) is 3.89. The number of hydrogen-bond donors (Lipinski definition) is 2. The van der Waals surface area contributed by atoms with Crippen molar-refractivity contribution in [1.82, 2.24) is 0 Å². The molecule has 0 radical (unpaired) electrons. The summed E-state index contributed by atoms with van der Waals surface area (Å²) in [4.78, 5) is 25.7. The zero-order valence-electron chi connectivity index (χ0n) is 14.0. The van der Waals surface area contributed by atoms with E-state index in [1.54, 1.807) is 26.0 Å². The van der Waals surface area contributed by atoms with Gasteiger partial charge in [0.2, 0.25) is 0 Å². The van der Waals surface area contributed by atoms with Crippen LogP contribution in [0.5, 0.6) is 5.75 Å². The van der Waals surface area contributed by atoms with Crippen molar-refractivity contribution in [1.29, 1.82) is 0 Å². The molecule has 3 rings (SSSR count). The molecular weight excluding hydrogens is 404 g/mol. The lowest BCUT2D eigenvalue weighted by Crippen LogP contribution is -2.42. The zero-order chi connectivity index (χ0) is 18.2. The molecule has 1 aromatic heterocycles. The Kier molecular flexibility index (Phi) is 4.88. The Morgan fingerprint density at radius 1 is 1.24 bits per heavy atom. The van der Waals surface area contributed by atoms with E-state index in [1.807, 2.05) is 12.1 Å². The summed E-state index contributed by atoms with van der Waals surface area (Å²) < 4.78 is 6.76. The average molecular weight is 423 g/mol. The highest BCUT2D eigenvalue weighted by atomic mass is 79.9. The van der Waals surface area contributed by atoms with Gasteiger partial charge in [0.05, 0.1) is 5.56 Å². The lowest BCUT2D eigenvalue weighted by molar-refractivity contribution is -0.128. The first-order valence-electron chi connectivity index (χ1n) is 7.98. The van der Waals surface area contributed by atoms with Gasteiger partial charge in [-0.25, -0.2) is 0 Å². The Bertz CT molecular complexity index is 828. The van der Waals surface area contributed by atoms with Gasteiger partial charge in [-0.15, -0.1) is 11.3 Å². The van der Waals surface area contributed by atoms with Crippen molar-refractivity contribution in [3.8, 4) is 5.75 Å². The summed E-state index contributed by atoms with van der Waals surface area (Å²) in [6, 6.07) is 7.26. The molecule has 25 heavy (non-hydrogen) atoms. The van der Waals surface area contributed by atoms with Crippen LogP contribution in [-0.2, 0) is 17.6 Å². The summed E-state index contributed by atoms with van der Waals surface area (Å²) in [5, 5.41) is 3.36. The van der Waals surface area contributed by atoms with Crippen LogP contribution in [0.1, 0.15) is 41.1 Å². The summed E-state index contributed by atoms with van der Waals surface area (Å²) in [6.07, 6.45) is 2.78. The summed E-state index contributed by atoms with van der Waals surface area (Å²) >= 11 is 4.80. The molecule has 0 spiro atoms. The largest absolute Gasteiger partial charge is 0.478 e. The minimum Gasteiger partial charge on any atom is -0.478 e. The van der Waals surface area contributed by atoms with Crippen LogP contribution in [0.15, 0.2) is 28.7 Å². The van der Waals surface area contributed by atoms with Crippen molar-refractivity contribution in [2.24, 2.45) is 5.73 Å². The number of carbonyl (C=O) groups is 2.